The minimum atomic E-state index is 0.452. The lowest BCUT2D eigenvalue weighted by atomic mass is 9.74. The second-order valence-corrected chi connectivity index (χ2v) is 7.04. The average Bonchev–Trinajstić information content (AvgIpc) is 2.89. The first kappa shape index (κ1) is 15.3. The quantitative estimate of drug-likeness (QED) is 0.786. The lowest BCUT2D eigenvalue weighted by Gasteiger charge is -2.44. The van der Waals surface area contributed by atoms with E-state index in [1.54, 1.807) is 0 Å². The average molecular weight is 266 g/mol. The molecule has 19 heavy (non-hydrogen) atoms. The molecular weight excluding hydrogens is 232 g/mol. The van der Waals surface area contributed by atoms with Crippen molar-refractivity contribution in [3.05, 3.63) is 0 Å². The van der Waals surface area contributed by atoms with Crippen LogP contribution in [-0.4, -0.2) is 36.6 Å². The maximum atomic E-state index is 3.83. The maximum absolute atomic E-state index is 3.83. The molecule has 0 aromatic rings. The molecule has 0 aliphatic carbocycles. The highest BCUT2D eigenvalue weighted by molar-refractivity contribution is 4.96. The molecule has 0 saturated carbocycles. The summed E-state index contributed by atoms with van der Waals surface area (Å²) in [6.07, 6.45) is 11.0. The van der Waals surface area contributed by atoms with Gasteiger partial charge in [-0.15, -0.1) is 0 Å². The van der Waals surface area contributed by atoms with E-state index in [9.17, 15) is 0 Å². The van der Waals surface area contributed by atoms with Gasteiger partial charge in [0.05, 0.1) is 0 Å². The van der Waals surface area contributed by atoms with E-state index >= 15 is 0 Å². The van der Waals surface area contributed by atoms with Crippen molar-refractivity contribution in [3.63, 3.8) is 0 Å². The Morgan fingerprint density at radius 3 is 2.16 bits per heavy atom. The monoisotopic (exact) mass is 266 g/mol. The Kier molecular flexibility index (Phi) is 5.30. The van der Waals surface area contributed by atoms with Crippen LogP contribution in [0.4, 0.5) is 0 Å². The second-order valence-electron chi connectivity index (χ2n) is 7.04. The molecule has 1 unspecified atom stereocenters. The molecule has 2 saturated heterocycles. The van der Waals surface area contributed by atoms with Crippen LogP contribution >= 0.6 is 0 Å². The third-order valence-electron chi connectivity index (χ3n) is 6.00. The molecule has 2 aliphatic rings. The molecule has 2 heterocycles. The van der Waals surface area contributed by atoms with Crippen LogP contribution in [0.5, 0.6) is 0 Å². The van der Waals surface area contributed by atoms with Gasteiger partial charge in [-0.05, 0) is 57.2 Å². The van der Waals surface area contributed by atoms with Gasteiger partial charge in [-0.2, -0.15) is 0 Å². The molecule has 2 nitrogen and oxygen atoms in total. The Bertz CT molecular complexity index is 254. The SMILES string of the molecule is CCCC1(CN2CCC(CC)(CC)CC2)CCCN1. The zero-order valence-corrected chi connectivity index (χ0v) is 13.4. The van der Waals surface area contributed by atoms with Gasteiger partial charge < -0.3 is 10.2 Å². The molecule has 2 aliphatic heterocycles. The molecule has 1 N–H and O–H groups in total. The lowest BCUT2D eigenvalue weighted by Crippen LogP contribution is -2.52. The highest BCUT2D eigenvalue weighted by Gasteiger charge is 2.37. The first-order valence-electron chi connectivity index (χ1n) is 8.65. The third-order valence-corrected chi connectivity index (χ3v) is 6.00. The minimum Gasteiger partial charge on any atom is -0.310 e. The molecule has 0 aromatic carbocycles. The second kappa shape index (κ2) is 6.58. The summed E-state index contributed by atoms with van der Waals surface area (Å²) >= 11 is 0. The van der Waals surface area contributed by atoms with Crippen LogP contribution in [0, 0.1) is 5.41 Å². The number of rotatable bonds is 6. The van der Waals surface area contributed by atoms with Crippen LogP contribution in [0.3, 0.4) is 0 Å². The summed E-state index contributed by atoms with van der Waals surface area (Å²) in [6.45, 7) is 12.3. The summed E-state index contributed by atoms with van der Waals surface area (Å²) in [4.78, 5) is 2.75. The van der Waals surface area contributed by atoms with Gasteiger partial charge in [-0.25, -0.2) is 0 Å². The van der Waals surface area contributed by atoms with Crippen LogP contribution in [0.15, 0.2) is 0 Å². The Morgan fingerprint density at radius 2 is 1.68 bits per heavy atom. The molecule has 2 heteroatoms. The zero-order valence-electron chi connectivity index (χ0n) is 13.4. The summed E-state index contributed by atoms with van der Waals surface area (Å²) in [7, 11) is 0. The van der Waals surface area contributed by atoms with Crippen LogP contribution in [0.25, 0.3) is 0 Å². The number of piperidine rings is 1. The Balaban J connectivity index is 1.87. The van der Waals surface area contributed by atoms with Crippen molar-refractivity contribution in [2.24, 2.45) is 5.41 Å². The van der Waals surface area contributed by atoms with Gasteiger partial charge in [0.25, 0.3) is 0 Å². The Labute approximate surface area is 120 Å². The molecule has 0 amide bonds. The van der Waals surface area contributed by atoms with Crippen molar-refractivity contribution >= 4 is 0 Å². The molecule has 112 valence electrons. The number of likely N-dealkylation sites (tertiary alicyclic amines) is 1. The highest BCUT2D eigenvalue weighted by atomic mass is 15.2. The smallest absolute Gasteiger partial charge is 0.0309 e. The van der Waals surface area contributed by atoms with E-state index in [1.165, 1.54) is 77.5 Å². The lowest BCUT2D eigenvalue weighted by molar-refractivity contribution is 0.0732. The van der Waals surface area contributed by atoms with E-state index in [2.05, 4.69) is 31.0 Å². The van der Waals surface area contributed by atoms with Gasteiger partial charge in [0.15, 0.2) is 0 Å². The zero-order chi connectivity index (χ0) is 13.8. The predicted octanol–water partition coefficient (Wildman–Crippen LogP) is 3.81. The predicted molar refractivity (Wildman–Crippen MR) is 83.6 cm³/mol. The minimum absolute atomic E-state index is 0.452. The van der Waals surface area contributed by atoms with Crippen molar-refractivity contribution < 1.29 is 0 Å². The molecule has 0 aromatic heterocycles. The van der Waals surface area contributed by atoms with Crippen molar-refractivity contribution in [1.82, 2.24) is 10.2 Å². The van der Waals surface area contributed by atoms with Gasteiger partial charge in [-0.3, -0.25) is 0 Å². The fourth-order valence-corrected chi connectivity index (χ4v) is 4.35. The van der Waals surface area contributed by atoms with Crippen molar-refractivity contribution in [1.29, 1.82) is 0 Å². The van der Waals surface area contributed by atoms with E-state index in [4.69, 9.17) is 0 Å². The molecule has 1 atom stereocenters. The van der Waals surface area contributed by atoms with Crippen molar-refractivity contribution in [2.75, 3.05) is 26.2 Å². The fraction of sp³-hybridized carbons (Fsp3) is 1.00. The number of hydrogen-bond acceptors (Lipinski definition) is 2. The number of nitrogens with zero attached hydrogens (tertiary/aromatic N) is 1. The van der Waals surface area contributed by atoms with Crippen LogP contribution < -0.4 is 5.32 Å². The van der Waals surface area contributed by atoms with Crippen LogP contribution in [0.2, 0.25) is 0 Å². The number of hydrogen-bond donors (Lipinski definition) is 1. The van der Waals surface area contributed by atoms with Crippen LogP contribution in [-0.2, 0) is 0 Å². The van der Waals surface area contributed by atoms with E-state index in [0.717, 1.165) is 0 Å². The molecular formula is C17H34N2. The number of nitrogens with one attached hydrogen (secondary N) is 1. The van der Waals surface area contributed by atoms with E-state index in [-0.39, 0.29) is 0 Å². The van der Waals surface area contributed by atoms with E-state index < -0.39 is 0 Å². The normalized spacial score (nSPS) is 31.7. The molecule has 0 bridgehead atoms. The van der Waals surface area contributed by atoms with Crippen LogP contribution in [0.1, 0.15) is 72.1 Å². The van der Waals surface area contributed by atoms with Gasteiger partial charge >= 0.3 is 0 Å². The topological polar surface area (TPSA) is 15.3 Å². The van der Waals surface area contributed by atoms with Gasteiger partial charge in [0.1, 0.15) is 0 Å². The van der Waals surface area contributed by atoms with Crippen molar-refractivity contribution in [2.45, 2.75) is 77.7 Å². The standard InChI is InChI=1S/C17H34N2/c1-4-8-17(9-7-12-18-17)15-19-13-10-16(5-2,6-3)11-14-19/h18H,4-15H2,1-3H3. The molecule has 2 fully saturated rings. The van der Waals surface area contributed by atoms with E-state index in [1.807, 2.05) is 0 Å². The summed E-state index contributed by atoms with van der Waals surface area (Å²) in [5.74, 6) is 0. The Hall–Kier alpha value is -0.0800. The van der Waals surface area contributed by atoms with Gasteiger partial charge in [0.2, 0.25) is 0 Å². The summed E-state index contributed by atoms with van der Waals surface area (Å²) in [5, 5.41) is 3.83. The summed E-state index contributed by atoms with van der Waals surface area (Å²) in [6, 6.07) is 0. The Morgan fingerprint density at radius 1 is 1.00 bits per heavy atom. The third kappa shape index (κ3) is 3.52. The van der Waals surface area contributed by atoms with Gasteiger partial charge in [-0.1, -0.05) is 40.0 Å². The summed E-state index contributed by atoms with van der Waals surface area (Å²) in [5.41, 5.74) is 1.12. The first-order valence-corrected chi connectivity index (χ1v) is 8.65. The van der Waals surface area contributed by atoms with E-state index in [0.29, 0.717) is 11.0 Å². The molecule has 2 rings (SSSR count). The maximum Gasteiger partial charge on any atom is 0.0309 e. The molecule has 0 spiro atoms. The summed E-state index contributed by atoms with van der Waals surface area (Å²) < 4.78 is 0. The van der Waals surface area contributed by atoms with Gasteiger partial charge in [0, 0.05) is 12.1 Å². The molecule has 0 radical (unpaired) electrons. The highest BCUT2D eigenvalue weighted by Crippen LogP contribution is 2.38. The largest absolute Gasteiger partial charge is 0.310 e. The fourth-order valence-electron chi connectivity index (χ4n) is 4.35. The first-order chi connectivity index (χ1) is 9.17. The van der Waals surface area contributed by atoms with Crippen molar-refractivity contribution in [3.8, 4) is 0 Å².